The molecule has 2 aromatic rings. The third kappa shape index (κ3) is 4.64. The molecule has 1 saturated heterocycles. The molecule has 0 saturated carbocycles. The molecule has 1 aromatic heterocycles. The summed E-state index contributed by atoms with van der Waals surface area (Å²) in [5, 5.41) is 7.15. The zero-order valence-corrected chi connectivity index (χ0v) is 13.1. The van der Waals surface area contributed by atoms with Crippen molar-refractivity contribution in [3.05, 3.63) is 53.9 Å². The fourth-order valence-electron chi connectivity index (χ4n) is 2.60. The first kappa shape index (κ1) is 15.7. The molecule has 3 rings (SSSR count). The molecule has 0 bridgehead atoms. The Hall–Kier alpha value is -2.18. The number of hydrogen-bond donors (Lipinski definition) is 1. The number of nitrogens with zero attached hydrogens (tertiary/aromatic N) is 3. The standard InChI is InChI=1S/C17H22N4O2/c22-17(18-7-9-20-10-12-23-13-11-20)16-4-2-15(3-5-16)14-21-8-1-6-19-21/h1-6,8H,7,9-14H2,(H,18,22). The second kappa shape index (κ2) is 7.89. The highest BCUT2D eigenvalue weighted by Gasteiger charge is 2.10. The molecular weight excluding hydrogens is 292 g/mol. The van der Waals surface area contributed by atoms with Crippen molar-refractivity contribution in [3.63, 3.8) is 0 Å². The molecule has 23 heavy (non-hydrogen) atoms. The van der Waals surface area contributed by atoms with Gasteiger partial charge >= 0.3 is 0 Å². The van der Waals surface area contributed by atoms with E-state index >= 15 is 0 Å². The van der Waals surface area contributed by atoms with E-state index in [9.17, 15) is 4.79 Å². The van der Waals surface area contributed by atoms with Gasteiger partial charge in [0.05, 0.1) is 19.8 Å². The van der Waals surface area contributed by atoms with Gasteiger partial charge < -0.3 is 10.1 Å². The molecule has 1 aliphatic rings. The highest BCUT2D eigenvalue weighted by molar-refractivity contribution is 5.94. The van der Waals surface area contributed by atoms with Crippen molar-refractivity contribution in [3.8, 4) is 0 Å². The van der Waals surface area contributed by atoms with Gasteiger partial charge in [-0.05, 0) is 23.8 Å². The maximum atomic E-state index is 12.1. The first-order valence-corrected chi connectivity index (χ1v) is 7.96. The Kier molecular flexibility index (Phi) is 5.39. The van der Waals surface area contributed by atoms with Crippen LogP contribution in [0.5, 0.6) is 0 Å². The number of nitrogens with one attached hydrogen (secondary N) is 1. The van der Waals surface area contributed by atoms with E-state index in [2.05, 4.69) is 15.3 Å². The minimum atomic E-state index is -0.0242. The molecular formula is C17H22N4O2. The number of rotatable bonds is 6. The number of benzene rings is 1. The van der Waals surface area contributed by atoms with Crippen molar-refractivity contribution < 1.29 is 9.53 Å². The summed E-state index contributed by atoms with van der Waals surface area (Å²) in [7, 11) is 0. The quantitative estimate of drug-likeness (QED) is 0.864. The highest BCUT2D eigenvalue weighted by Crippen LogP contribution is 2.06. The summed E-state index contributed by atoms with van der Waals surface area (Å²) < 4.78 is 7.17. The Bertz CT molecular complexity index is 604. The lowest BCUT2D eigenvalue weighted by Gasteiger charge is -2.26. The normalized spacial score (nSPS) is 15.5. The second-order valence-corrected chi connectivity index (χ2v) is 5.61. The van der Waals surface area contributed by atoms with Crippen LogP contribution in [0.25, 0.3) is 0 Å². The lowest BCUT2D eigenvalue weighted by molar-refractivity contribution is 0.0383. The average Bonchev–Trinajstić information content (AvgIpc) is 3.09. The molecule has 0 aliphatic carbocycles. The van der Waals surface area contributed by atoms with Crippen molar-refractivity contribution in [2.45, 2.75) is 6.54 Å². The van der Waals surface area contributed by atoms with Gasteiger partial charge in [-0.2, -0.15) is 5.10 Å². The van der Waals surface area contributed by atoms with E-state index in [0.29, 0.717) is 18.7 Å². The van der Waals surface area contributed by atoms with Crippen molar-refractivity contribution in [1.29, 1.82) is 0 Å². The number of morpholine rings is 1. The fourth-order valence-corrected chi connectivity index (χ4v) is 2.60. The SMILES string of the molecule is O=C(NCCN1CCOCC1)c1ccc(Cn2cccn2)cc1. The van der Waals surface area contributed by atoms with E-state index in [1.807, 2.05) is 41.2 Å². The van der Waals surface area contributed by atoms with E-state index in [0.717, 1.165) is 38.4 Å². The molecule has 2 heterocycles. The van der Waals surface area contributed by atoms with Gasteiger partial charge in [-0.1, -0.05) is 12.1 Å². The van der Waals surface area contributed by atoms with Gasteiger partial charge in [0.2, 0.25) is 0 Å². The monoisotopic (exact) mass is 314 g/mol. The minimum absolute atomic E-state index is 0.0242. The van der Waals surface area contributed by atoms with Gasteiger partial charge in [0.1, 0.15) is 0 Å². The maximum Gasteiger partial charge on any atom is 0.251 e. The second-order valence-electron chi connectivity index (χ2n) is 5.61. The Morgan fingerprint density at radius 3 is 2.70 bits per heavy atom. The van der Waals surface area contributed by atoms with Crippen LogP contribution in [0.4, 0.5) is 0 Å². The summed E-state index contributed by atoms with van der Waals surface area (Å²) in [5.41, 5.74) is 1.81. The molecule has 0 unspecified atom stereocenters. The highest BCUT2D eigenvalue weighted by atomic mass is 16.5. The van der Waals surface area contributed by atoms with Crippen molar-refractivity contribution in [2.75, 3.05) is 39.4 Å². The molecule has 0 atom stereocenters. The molecule has 6 nitrogen and oxygen atoms in total. The molecule has 1 fully saturated rings. The fraction of sp³-hybridized carbons (Fsp3) is 0.412. The molecule has 1 aliphatic heterocycles. The van der Waals surface area contributed by atoms with Gasteiger partial charge in [-0.25, -0.2) is 0 Å². The first-order chi connectivity index (χ1) is 11.3. The van der Waals surface area contributed by atoms with Crippen LogP contribution in [0.15, 0.2) is 42.7 Å². The van der Waals surface area contributed by atoms with E-state index in [4.69, 9.17) is 4.74 Å². The summed E-state index contributed by atoms with van der Waals surface area (Å²) in [6, 6.07) is 9.57. The Labute approximate surface area is 136 Å². The molecule has 122 valence electrons. The number of hydrogen-bond acceptors (Lipinski definition) is 4. The molecule has 6 heteroatoms. The van der Waals surface area contributed by atoms with Gasteiger partial charge in [0, 0.05) is 44.1 Å². The summed E-state index contributed by atoms with van der Waals surface area (Å²) in [6.45, 7) is 5.69. The third-order valence-corrected chi connectivity index (χ3v) is 3.94. The van der Waals surface area contributed by atoms with Gasteiger partial charge in [0.25, 0.3) is 5.91 Å². The molecule has 1 aromatic carbocycles. The first-order valence-electron chi connectivity index (χ1n) is 7.96. The smallest absolute Gasteiger partial charge is 0.251 e. The summed E-state index contributed by atoms with van der Waals surface area (Å²) in [6.07, 6.45) is 3.68. The van der Waals surface area contributed by atoms with Crippen molar-refractivity contribution in [2.24, 2.45) is 0 Å². The van der Waals surface area contributed by atoms with Crippen LogP contribution in [-0.2, 0) is 11.3 Å². The number of ether oxygens (including phenoxy) is 1. The Morgan fingerprint density at radius 1 is 1.22 bits per heavy atom. The number of aromatic nitrogens is 2. The third-order valence-electron chi connectivity index (χ3n) is 3.94. The van der Waals surface area contributed by atoms with Crippen molar-refractivity contribution >= 4 is 5.91 Å². The zero-order valence-electron chi connectivity index (χ0n) is 13.1. The van der Waals surface area contributed by atoms with Crippen LogP contribution >= 0.6 is 0 Å². The van der Waals surface area contributed by atoms with Crippen molar-refractivity contribution in [1.82, 2.24) is 20.0 Å². The van der Waals surface area contributed by atoms with Crippen LogP contribution in [0.1, 0.15) is 15.9 Å². The molecule has 1 amide bonds. The lowest BCUT2D eigenvalue weighted by Crippen LogP contribution is -2.41. The van der Waals surface area contributed by atoms with Crippen LogP contribution in [0.3, 0.4) is 0 Å². The van der Waals surface area contributed by atoms with Crippen LogP contribution in [0.2, 0.25) is 0 Å². The average molecular weight is 314 g/mol. The zero-order chi connectivity index (χ0) is 15.9. The van der Waals surface area contributed by atoms with E-state index in [1.54, 1.807) is 6.20 Å². The van der Waals surface area contributed by atoms with Gasteiger partial charge in [-0.3, -0.25) is 14.4 Å². The largest absolute Gasteiger partial charge is 0.379 e. The van der Waals surface area contributed by atoms with Crippen LogP contribution in [0, 0.1) is 0 Å². The number of amides is 1. The summed E-state index contributed by atoms with van der Waals surface area (Å²) in [4.78, 5) is 14.4. The Morgan fingerprint density at radius 2 is 2.00 bits per heavy atom. The van der Waals surface area contributed by atoms with Crippen LogP contribution < -0.4 is 5.32 Å². The predicted octanol–water partition coefficient (Wildman–Crippen LogP) is 0.993. The topological polar surface area (TPSA) is 59.4 Å². The van der Waals surface area contributed by atoms with E-state index in [1.165, 1.54) is 0 Å². The summed E-state index contributed by atoms with van der Waals surface area (Å²) in [5.74, 6) is -0.0242. The molecule has 0 radical (unpaired) electrons. The number of carbonyl (C=O) groups excluding carboxylic acids is 1. The Balaban J connectivity index is 1.45. The maximum absolute atomic E-state index is 12.1. The minimum Gasteiger partial charge on any atom is -0.379 e. The van der Waals surface area contributed by atoms with E-state index in [-0.39, 0.29) is 5.91 Å². The summed E-state index contributed by atoms with van der Waals surface area (Å²) >= 11 is 0. The molecule has 1 N–H and O–H groups in total. The lowest BCUT2D eigenvalue weighted by atomic mass is 10.1. The number of carbonyl (C=O) groups is 1. The van der Waals surface area contributed by atoms with E-state index < -0.39 is 0 Å². The van der Waals surface area contributed by atoms with Gasteiger partial charge in [-0.15, -0.1) is 0 Å². The molecule has 0 spiro atoms. The van der Waals surface area contributed by atoms with Gasteiger partial charge in [0.15, 0.2) is 0 Å². The van der Waals surface area contributed by atoms with Crippen LogP contribution in [-0.4, -0.2) is 60.0 Å². The predicted molar refractivity (Wildman–Crippen MR) is 87.4 cm³/mol.